The van der Waals surface area contributed by atoms with E-state index in [1.54, 1.807) is 6.07 Å². The molecule has 1 aromatic heterocycles. The molecule has 148 valence electrons. The Hall–Kier alpha value is -2.92. The molecule has 1 aliphatic heterocycles. The van der Waals surface area contributed by atoms with Crippen LogP contribution in [0.4, 0.5) is 14.3 Å². The van der Waals surface area contributed by atoms with Crippen molar-refractivity contribution in [1.82, 2.24) is 20.4 Å². The van der Waals surface area contributed by atoms with Crippen LogP contribution in [0, 0.1) is 5.82 Å². The Balaban J connectivity index is 1.51. The predicted octanol–water partition coefficient (Wildman–Crippen LogP) is 1.66. The van der Waals surface area contributed by atoms with Gasteiger partial charge in [0, 0.05) is 13.5 Å². The smallest absolute Gasteiger partial charge is 0.325 e. The van der Waals surface area contributed by atoms with Crippen molar-refractivity contribution in [3.8, 4) is 0 Å². The van der Waals surface area contributed by atoms with Crippen molar-refractivity contribution < 1.29 is 23.5 Å². The molecule has 0 radical (unpaired) electrons. The second-order valence-electron chi connectivity index (χ2n) is 6.08. The molecule has 9 nitrogen and oxygen atoms in total. The molecule has 1 fully saturated rings. The number of carbonyl (C=O) groups excluding carboxylic acids is 3. The number of anilines is 1. The number of nitrogens with zero attached hydrogens (tertiary/aromatic N) is 3. The van der Waals surface area contributed by atoms with Gasteiger partial charge in [-0.3, -0.25) is 14.5 Å². The summed E-state index contributed by atoms with van der Waals surface area (Å²) in [5.74, 6) is -1.23. The number of amides is 4. The Morgan fingerprint density at radius 2 is 2.21 bits per heavy atom. The molecule has 1 atom stereocenters. The number of halogens is 1. The molecule has 0 saturated carbocycles. The van der Waals surface area contributed by atoms with E-state index < -0.39 is 23.8 Å². The zero-order valence-corrected chi connectivity index (χ0v) is 15.8. The maximum Gasteiger partial charge on any atom is 0.325 e. The van der Waals surface area contributed by atoms with Gasteiger partial charge in [-0.2, -0.15) is 0 Å². The molecule has 0 unspecified atom stereocenters. The van der Waals surface area contributed by atoms with Crippen molar-refractivity contribution in [1.29, 1.82) is 0 Å². The number of ether oxygens (including phenoxy) is 1. The number of urea groups is 1. The summed E-state index contributed by atoms with van der Waals surface area (Å²) in [6, 6.07) is 4.33. The largest absolute Gasteiger partial charge is 0.377 e. The van der Waals surface area contributed by atoms with Crippen molar-refractivity contribution in [3.63, 3.8) is 0 Å². The van der Waals surface area contributed by atoms with Gasteiger partial charge in [-0.05, 0) is 24.1 Å². The van der Waals surface area contributed by atoms with E-state index in [1.165, 1.54) is 36.6 Å². The van der Waals surface area contributed by atoms with Gasteiger partial charge in [-0.25, -0.2) is 9.18 Å². The highest BCUT2D eigenvalue weighted by atomic mass is 32.1. The lowest BCUT2D eigenvalue weighted by molar-refractivity contribution is -0.128. The van der Waals surface area contributed by atoms with Crippen LogP contribution >= 0.6 is 11.3 Å². The van der Waals surface area contributed by atoms with E-state index in [0.717, 1.165) is 4.90 Å². The van der Waals surface area contributed by atoms with Gasteiger partial charge in [-0.15, -0.1) is 10.2 Å². The molecule has 2 heterocycles. The van der Waals surface area contributed by atoms with Crippen LogP contribution in [0.3, 0.4) is 0 Å². The fraction of sp³-hybridized carbons (Fsp3) is 0.353. The SMILES string of the molecule is COCc1nnc(NC(=O)CC[C@H]2NC(=O)N(Cc3cccc(F)c3)C2=O)s1. The highest BCUT2D eigenvalue weighted by Gasteiger charge is 2.37. The van der Waals surface area contributed by atoms with Crippen LogP contribution in [-0.4, -0.2) is 46.1 Å². The van der Waals surface area contributed by atoms with E-state index in [0.29, 0.717) is 22.3 Å². The summed E-state index contributed by atoms with van der Waals surface area (Å²) < 4.78 is 18.2. The summed E-state index contributed by atoms with van der Waals surface area (Å²) in [6.45, 7) is 0.273. The summed E-state index contributed by atoms with van der Waals surface area (Å²) in [6.07, 6.45) is 0.156. The van der Waals surface area contributed by atoms with E-state index in [2.05, 4.69) is 20.8 Å². The number of benzene rings is 1. The Morgan fingerprint density at radius 1 is 1.39 bits per heavy atom. The van der Waals surface area contributed by atoms with Crippen LogP contribution in [0.2, 0.25) is 0 Å². The van der Waals surface area contributed by atoms with Gasteiger partial charge in [-0.1, -0.05) is 23.5 Å². The minimum atomic E-state index is -0.801. The molecular weight excluding hydrogens is 389 g/mol. The normalized spacial score (nSPS) is 16.4. The lowest BCUT2D eigenvalue weighted by atomic mass is 10.1. The number of imide groups is 1. The van der Waals surface area contributed by atoms with E-state index in [1.807, 2.05) is 0 Å². The average molecular weight is 407 g/mol. The van der Waals surface area contributed by atoms with Crippen molar-refractivity contribution in [2.45, 2.75) is 32.0 Å². The molecule has 1 aromatic carbocycles. The maximum atomic E-state index is 13.3. The van der Waals surface area contributed by atoms with E-state index in [-0.39, 0.29) is 25.3 Å². The van der Waals surface area contributed by atoms with E-state index in [9.17, 15) is 18.8 Å². The molecule has 11 heteroatoms. The molecule has 28 heavy (non-hydrogen) atoms. The van der Waals surface area contributed by atoms with Crippen LogP contribution in [0.5, 0.6) is 0 Å². The molecule has 0 bridgehead atoms. The lowest BCUT2D eigenvalue weighted by Gasteiger charge is -2.13. The quantitative estimate of drug-likeness (QED) is 0.644. The zero-order chi connectivity index (χ0) is 20.1. The Kier molecular flexibility index (Phi) is 6.26. The zero-order valence-electron chi connectivity index (χ0n) is 15.0. The van der Waals surface area contributed by atoms with Gasteiger partial charge in [0.2, 0.25) is 11.0 Å². The molecule has 4 amide bonds. The minimum Gasteiger partial charge on any atom is -0.377 e. The first-order chi connectivity index (χ1) is 13.5. The Bertz CT molecular complexity index is 890. The van der Waals surface area contributed by atoms with Crippen molar-refractivity contribution in [2.75, 3.05) is 12.4 Å². The predicted molar refractivity (Wildman–Crippen MR) is 97.8 cm³/mol. The van der Waals surface area contributed by atoms with Crippen LogP contribution < -0.4 is 10.6 Å². The second kappa shape index (κ2) is 8.85. The molecule has 2 aromatic rings. The average Bonchev–Trinajstić information content (AvgIpc) is 3.19. The number of carbonyl (C=O) groups is 3. The standard InChI is InChI=1S/C17H18FN5O4S/c1-27-9-14-21-22-16(28-14)20-13(24)6-5-12-15(25)23(17(26)19-12)8-10-3-2-4-11(18)7-10/h2-4,7,12H,5-6,8-9H2,1H3,(H,19,26)(H,20,22,24)/t12-/m1/s1. The third-order valence-electron chi connectivity index (χ3n) is 3.98. The summed E-state index contributed by atoms with van der Waals surface area (Å²) in [7, 11) is 1.53. The highest BCUT2D eigenvalue weighted by molar-refractivity contribution is 7.15. The second-order valence-corrected chi connectivity index (χ2v) is 7.14. The summed E-state index contributed by atoms with van der Waals surface area (Å²) in [4.78, 5) is 37.6. The molecule has 1 saturated heterocycles. The number of methoxy groups -OCH3 is 1. The van der Waals surface area contributed by atoms with Gasteiger partial charge in [0.1, 0.15) is 23.5 Å². The summed E-state index contributed by atoms with van der Waals surface area (Å²) >= 11 is 1.19. The highest BCUT2D eigenvalue weighted by Crippen LogP contribution is 2.18. The molecule has 0 spiro atoms. The first-order valence-corrected chi connectivity index (χ1v) is 9.25. The third-order valence-corrected chi connectivity index (χ3v) is 4.79. The molecule has 0 aliphatic carbocycles. The van der Waals surface area contributed by atoms with E-state index >= 15 is 0 Å². The fourth-order valence-corrected chi connectivity index (χ4v) is 3.41. The minimum absolute atomic E-state index is 0.0175. The molecule has 1 aliphatic rings. The fourth-order valence-electron chi connectivity index (χ4n) is 2.68. The Morgan fingerprint density at radius 3 is 2.96 bits per heavy atom. The van der Waals surface area contributed by atoms with Crippen LogP contribution in [-0.2, 0) is 27.5 Å². The van der Waals surface area contributed by atoms with Gasteiger partial charge in [0.15, 0.2) is 0 Å². The topological polar surface area (TPSA) is 114 Å². The monoisotopic (exact) mass is 407 g/mol. The molecule has 2 N–H and O–H groups in total. The van der Waals surface area contributed by atoms with Crippen LogP contribution in [0.25, 0.3) is 0 Å². The van der Waals surface area contributed by atoms with E-state index in [4.69, 9.17) is 4.74 Å². The van der Waals surface area contributed by atoms with Crippen LogP contribution in [0.15, 0.2) is 24.3 Å². The lowest BCUT2D eigenvalue weighted by Crippen LogP contribution is -2.31. The first-order valence-electron chi connectivity index (χ1n) is 8.43. The number of aromatic nitrogens is 2. The third kappa shape index (κ3) is 4.87. The van der Waals surface area contributed by atoms with Crippen molar-refractivity contribution in [3.05, 3.63) is 40.7 Å². The first kappa shape index (κ1) is 19.8. The number of hydrogen-bond donors (Lipinski definition) is 2. The number of nitrogens with one attached hydrogen (secondary N) is 2. The Labute approximate surface area is 163 Å². The summed E-state index contributed by atoms with van der Waals surface area (Å²) in [5.41, 5.74) is 0.505. The molecular formula is C17H18FN5O4S. The van der Waals surface area contributed by atoms with Crippen LogP contribution in [0.1, 0.15) is 23.4 Å². The van der Waals surface area contributed by atoms with Gasteiger partial charge in [0.05, 0.1) is 6.54 Å². The molecule has 3 rings (SSSR count). The number of hydrogen-bond acceptors (Lipinski definition) is 7. The van der Waals surface area contributed by atoms with Crippen molar-refractivity contribution in [2.24, 2.45) is 0 Å². The number of rotatable bonds is 8. The van der Waals surface area contributed by atoms with Crippen molar-refractivity contribution >= 4 is 34.3 Å². The maximum absolute atomic E-state index is 13.3. The van der Waals surface area contributed by atoms with Gasteiger partial charge < -0.3 is 15.4 Å². The summed E-state index contributed by atoms with van der Waals surface area (Å²) in [5, 5.41) is 13.8. The van der Waals surface area contributed by atoms with Gasteiger partial charge >= 0.3 is 6.03 Å². The van der Waals surface area contributed by atoms with Gasteiger partial charge in [0.25, 0.3) is 5.91 Å².